The van der Waals surface area contributed by atoms with Crippen molar-refractivity contribution in [2.45, 2.75) is 90.0 Å². The summed E-state index contributed by atoms with van der Waals surface area (Å²) in [6, 6.07) is 3.63. The molecule has 1 aliphatic rings. The summed E-state index contributed by atoms with van der Waals surface area (Å²) in [4.78, 5) is 29.0. The van der Waals surface area contributed by atoms with E-state index in [9.17, 15) is 19.4 Å². The van der Waals surface area contributed by atoms with Crippen molar-refractivity contribution in [3.8, 4) is 6.07 Å². The lowest BCUT2D eigenvalue weighted by atomic mass is 10.0. The van der Waals surface area contributed by atoms with Gasteiger partial charge in [0.1, 0.15) is 36.1 Å². The van der Waals surface area contributed by atoms with Gasteiger partial charge in [0.15, 0.2) is 11.4 Å². The van der Waals surface area contributed by atoms with E-state index in [1.165, 1.54) is 20.2 Å². The van der Waals surface area contributed by atoms with Gasteiger partial charge in [-0.3, -0.25) is 14.2 Å². The lowest BCUT2D eigenvalue weighted by Crippen LogP contribution is -2.44. The lowest BCUT2D eigenvalue weighted by Gasteiger charge is -2.29. The molecule has 0 unspecified atom stereocenters. The number of carbonyl (C=O) groups is 2. The van der Waals surface area contributed by atoms with Gasteiger partial charge >= 0.3 is 19.6 Å². The number of rotatable bonds is 16. The Labute approximate surface area is 239 Å². The number of nitrogens with one attached hydrogen (secondary N) is 2. The number of hydrogen-bond acceptors (Lipinski definition) is 11. The summed E-state index contributed by atoms with van der Waals surface area (Å²) in [6.45, 7) is 6.91. The molecule has 4 atom stereocenters. The number of fused-ring (bicyclic) bond motifs is 1. The van der Waals surface area contributed by atoms with Crippen molar-refractivity contribution in [1.29, 1.82) is 5.26 Å². The average molecular weight is 594 g/mol. The van der Waals surface area contributed by atoms with Gasteiger partial charge in [0.25, 0.3) is 0 Å². The second-order valence-electron chi connectivity index (χ2n) is 10.0. The molecule has 0 spiro atoms. The number of unbranched alkanes of at least 4 members (excludes halogenated alkanes) is 2. The highest BCUT2D eigenvalue weighted by molar-refractivity contribution is 7.54. The van der Waals surface area contributed by atoms with E-state index in [1.54, 1.807) is 16.6 Å². The van der Waals surface area contributed by atoms with Crippen molar-refractivity contribution in [3.05, 3.63) is 24.2 Å². The fourth-order valence-electron chi connectivity index (χ4n) is 4.21. The van der Waals surface area contributed by atoms with Gasteiger partial charge in [-0.25, -0.2) is 19.7 Å². The SMILES string of the molecule is CCCCOC(=O)[C@H](C)NP(=O)(N[C@@H](C)C(=O)OCCCC)OC[C@]1(C#N)CC[C@H](c2ccc3c(N)ncnn23)O1. The molecule has 14 nitrogen and oxygen atoms in total. The molecular weight excluding hydrogens is 553 g/mol. The number of hydrogen-bond donors (Lipinski definition) is 3. The fraction of sp³-hybridized carbons (Fsp3) is 0.654. The van der Waals surface area contributed by atoms with Crippen LogP contribution >= 0.6 is 7.67 Å². The first-order valence-corrected chi connectivity index (χ1v) is 15.5. The number of aromatic nitrogens is 3. The number of nitriles is 1. The molecule has 0 aromatic carbocycles. The molecule has 2 aromatic rings. The van der Waals surface area contributed by atoms with Crippen LogP contribution in [0.25, 0.3) is 5.52 Å². The van der Waals surface area contributed by atoms with E-state index < -0.39 is 50.0 Å². The van der Waals surface area contributed by atoms with Crippen molar-refractivity contribution >= 4 is 30.9 Å². The summed E-state index contributed by atoms with van der Waals surface area (Å²) in [5, 5.41) is 19.6. The molecule has 0 saturated carbocycles. The maximum atomic E-state index is 14.0. The molecule has 3 rings (SSSR count). The molecule has 0 bridgehead atoms. The van der Waals surface area contributed by atoms with E-state index in [1.807, 2.05) is 13.8 Å². The molecule has 0 radical (unpaired) electrons. The Morgan fingerprint density at radius 1 is 1.20 bits per heavy atom. The number of nitrogen functional groups attached to an aromatic ring is 1. The molecule has 0 amide bonds. The van der Waals surface area contributed by atoms with Crippen LogP contribution in [0.4, 0.5) is 5.82 Å². The second-order valence-corrected chi connectivity index (χ2v) is 11.9. The Kier molecular flexibility index (Phi) is 11.6. The highest BCUT2D eigenvalue weighted by Crippen LogP contribution is 2.45. The Morgan fingerprint density at radius 3 is 2.37 bits per heavy atom. The third-order valence-electron chi connectivity index (χ3n) is 6.62. The number of carbonyl (C=O) groups excluding carboxylic acids is 2. The summed E-state index contributed by atoms with van der Waals surface area (Å²) < 4.78 is 38.0. The van der Waals surface area contributed by atoms with E-state index in [0.29, 0.717) is 36.3 Å². The number of nitrogens with two attached hydrogens (primary N) is 1. The van der Waals surface area contributed by atoms with Crippen LogP contribution in [0.5, 0.6) is 0 Å². The normalized spacial score (nSPS) is 20.4. The van der Waals surface area contributed by atoms with Crippen LogP contribution in [0.2, 0.25) is 0 Å². The third-order valence-corrected chi connectivity index (χ3v) is 8.57. The van der Waals surface area contributed by atoms with Gasteiger partial charge in [-0.2, -0.15) is 10.4 Å². The zero-order chi connectivity index (χ0) is 30.0. The topological polar surface area (TPSA) is 192 Å². The monoisotopic (exact) mass is 593 g/mol. The minimum Gasteiger partial charge on any atom is -0.465 e. The predicted molar refractivity (Wildman–Crippen MR) is 149 cm³/mol. The first kappa shape index (κ1) is 32.4. The summed E-state index contributed by atoms with van der Waals surface area (Å²) in [5.74, 6) is -0.950. The molecule has 41 heavy (non-hydrogen) atoms. The van der Waals surface area contributed by atoms with E-state index in [0.717, 1.165) is 12.8 Å². The van der Waals surface area contributed by atoms with E-state index in [-0.39, 0.29) is 19.6 Å². The Hall–Kier alpha value is -3.08. The van der Waals surface area contributed by atoms with Crippen LogP contribution in [0.15, 0.2) is 18.5 Å². The van der Waals surface area contributed by atoms with Gasteiger partial charge in [-0.05, 0) is 51.7 Å². The molecule has 2 aromatic heterocycles. The molecule has 226 valence electrons. The van der Waals surface area contributed by atoms with Crippen LogP contribution in [0.1, 0.15) is 78.0 Å². The van der Waals surface area contributed by atoms with E-state index in [4.69, 9.17) is 24.5 Å². The minimum absolute atomic E-state index is 0.220. The maximum Gasteiger partial charge on any atom is 0.342 e. The quantitative estimate of drug-likeness (QED) is 0.146. The number of nitrogens with zero attached hydrogens (tertiary/aromatic N) is 4. The number of anilines is 1. The molecule has 1 saturated heterocycles. The van der Waals surface area contributed by atoms with Crippen LogP contribution < -0.4 is 15.9 Å². The van der Waals surface area contributed by atoms with Crippen LogP contribution in [-0.2, 0) is 32.9 Å². The van der Waals surface area contributed by atoms with Gasteiger partial charge in [-0.1, -0.05) is 26.7 Å². The van der Waals surface area contributed by atoms with Crippen LogP contribution in [0, 0.1) is 11.3 Å². The zero-order valence-corrected chi connectivity index (χ0v) is 24.9. The summed E-state index contributed by atoms with van der Waals surface area (Å²) >= 11 is 0. The molecule has 1 aliphatic heterocycles. The highest BCUT2D eigenvalue weighted by atomic mass is 31.2. The Morgan fingerprint density at radius 2 is 1.80 bits per heavy atom. The van der Waals surface area contributed by atoms with Gasteiger partial charge in [0.2, 0.25) is 0 Å². The standard InChI is InChI=1S/C26H40N7O7P/c1-5-7-13-37-24(34)18(3)31-41(36,32-19(4)25(35)38-14-8-6-2)39-16-26(15-27)12-11-22(40-26)20-9-10-21-23(28)29-17-30-33(20)21/h9-10,17-19,22H,5-8,11-14,16H2,1-4H3,(H2,28,29,30)(H2,31,32,36)/t18-,19-,22+,26+/m0/s1. The average Bonchev–Trinajstić information content (AvgIpc) is 3.58. The predicted octanol–water partition coefficient (Wildman–Crippen LogP) is 3.19. The number of esters is 2. The first-order valence-electron chi connectivity index (χ1n) is 13.9. The smallest absolute Gasteiger partial charge is 0.342 e. The molecule has 0 aliphatic carbocycles. The van der Waals surface area contributed by atoms with Crippen molar-refractivity contribution in [3.63, 3.8) is 0 Å². The van der Waals surface area contributed by atoms with Gasteiger partial charge < -0.3 is 24.5 Å². The maximum absolute atomic E-state index is 14.0. The highest BCUT2D eigenvalue weighted by Gasteiger charge is 2.45. The van der Waals surface area contributed by atoms with Crippen molar-refractivity contribution in [2.24, 2.45) is 0 Å². The van der Waals surface area contributed by atoms with E-state index in [2.05, 4.69) is 26.3 Å². The summed E-state index contributed by atoms with van der Waals surface area (Å²) in [7, 11) is -4.13. The first-order chi connectivity index (χ1) is 19.6. The molecule has 3 heterocycles. The van der Waals surface area contributed by atoms with Crippen molar-refractivity contribution in [1.82, 2.24) is 24.8 Å². The lowest BCUT2D eigenvalue weighted by molar-refractivity contribution is -0.145. The fourth-order valence-corrected chi connectivity index (χ4v) is 6.05. The van der Waals surface area contributed by atoms with Crippen molar-refractivity contribution in [2.75, 3.05) is 25.6 Å². The van der Waals surface area contributed by atoms with Gasteiger partial charge in [0.05, 0.1) is 25.5 Å². The second kappa shape index (κ2) is 14.7. The molecule has 15 heteroatoms. The Bertz CT molecular complexity index is 1250. The zero-order valence-electron chi connectivity index (χ0n) is 24.0. The molecule has 1 fully saturated rings. The van der Waals surface area contributed by atoms with Crippen LogP contribution in [0.3, 0.4) is 0 Å². The Balaban J connectivity index is 1.74. The van der Waals surface area contributed by atoms with Gasteiger partial charge in [0, 0.05) is 0 Å². The third kappa shape index (κ3) is 8.47. The molecule has 4 N–H and O–H groups in total. The van der Waals surface area contributed by atoms with Crippen molar-refractivity contribution < 1.29 is 32.9 Å². The largest absolute Gasteiger partial charge is 0.465 e. The van der Waals surface area contributed by atoms with Gasteiger partial charge in [-0.15, -0.1) is 0 Å². The summed E-state index contributed by atoms with van der Waals surface area (Å²) in [5.41, 5.74) is 5.77. The number of ether oxygens (including phenoxy) is 3. The summed E-state index contributed by atoms with van der Waals surface area (Å²) in [6.07, 6.45) is 4.59. The van der Waals surface area contributed by atoms with Crippen LogP contribution in [-0.4, -0.2) is 64.0 Å². The van der Waals surface area contributed by atoms with E-state index >= 15 is 0 Å². The minimum atomic E-state index is -4.13. The molecular formula is C26H40N7O7P.